The zero-order chi connectivity index (χ0) is 12.1. The Morgan fingerprint density at radius 3 is 2.76 bits per heavy atom. The Labute approximate surface area is 100 Å². The summed E-state index contributed by atoms with van der Waals surface area (Å²) in [5.41, 5.74) is 5.68. The fraction of sp³-hybridized carbons (Fsp3) is 0.333. The van der Waals surface area contributed by atoms with E-state index in [1.807, 2.05) is 37.3 Å². The lowest BCUT2D eigenvalue weighted by molar-refractivity contribution is 0.290. The molecule has 0 amide bonds. The van der Waals surface area contributed by atoms with Crippen LogP contribution in [0.3, 0.4) is 0 Å². The zero-order valence-electron chi connectivity index (χ0n) is 9.78. The highest BCUT2D eigenvalue weighted by molar-refractivity contribution is 5.20. The topological polar surface area (TPSA) is 66.0 Å². The maximum absolute atomic E-state index is 5.68. The summed E-state index contributed by atoms with van der Waals surface area (Å²) in [5, 5.41) is 4.24. The van der Waals surface area contributed by atoms with Crippen molar-refractivity contribution in [2.24, 2.45) is 5.73 Å². The molecule has 0 bridgehead atoms. The largest absolute Gasteiger partial charge is 0.492 e. The van der Waals surface area contributed by atoms with Crippen LogP contribution in [0.4, 0.5) is 0 Å². The summed E-state index contributed by atoms with van der Waals surface area (Å²) in [6, 6.07) is 9.56. The average molecular weight is 232 g/mol. The first kappa shape index (κ1) is 11.6. The molecule has 0 fully saturated rings. The van der Waals surface area contributed by atoms with E-state index in [0.717, 1.165) is 5.75 Å². The third kappa shape index (κ3) is 3.29. The van der Waals surface area contributed by atoms with E-state index < -0.39 is 0 Å². The molecular weight excluding hydrogens is 216 g/mol. The predicted molar refractivity (Wildman–Crippen MR) is 64.6 cm³/mol. The minimum absolute atomic E-state index is 0.133. The van der Waals surface area contributed by atoms with Gasteiger partial charge in [0.05, 0.1) is 12.6 Å². The Bertz CT molecular complexity index is 453. The van der Waals surface area contributed by atoms with Crippen LogP contribution < -0.4 is 10.5 Å². The molecule has 5 heteroatoms. The van der Waals surface area contributed by atoms with Crippen LogP contribution >= 0.6 is 0 Å². The van der Waals surface area contributed by atoms with E-state index >= 15 is 0 Å². The summed E-state index contributed by atoms with van der Waals surface area (Å²) < 4.78 is 7.30. The number of hydrogen-bond donors (Lipinski definition) is 1. The van der Waals surface area contributed by atoms with Crippen LogP contribution in [-0.2, 0) is 6.54 Å². The molecule has 1 unspecified atom stereocenters. The molecule has 1 aromatic carbocycles. The highest BCUT2D eigenvalue weighted by Gasteiger charge is 2.04. The number of ether oxygens (including phenoxy) is 1. The Balaban J connectivity index is 1.82. The summed E-state index contributed by atoms with van der Waals surface area (Å²) in [7, 11) is 0. The lowest BCUT2D eigenvalue weighted by Crippen LogP contribution is -2.11. The molecule has 2 aromatic rings. The SMILES string of the molecule is CC(N)c1ncn(CCOc2ccccc2)n1. The van der Waals surface area contributed by atoms with Crippen molar-refractivity contribution in [1.82, 2.24) is 14.8 Å². The molecular formula is C12H16N4O. The lowest BCUT2D eigenvalue weighted by Gasteiger charge is -2.05. The third-order valence-corrected chi connectivity index (χ3v) is 2.29. The van der Waals surface area contributed by atoms with E-state index in [1.165, 1.54) is 0 Å². The summed E-state index contributed by atoms with van der Waals surface area (Å²) in [4.78, 5) is 4.11. The van der Waals surface area contributed by atoms with Gasteiger partial charge < -0.3 is 10.5 Å². The van der Waals surface area contributed by atoms with Crippen molar-refractivity contribution in [3.8, 4) is 5.75 Å². The number of para-hydroxylation sites is 1. The molecule has 1 heterocycles. The maximum Gasteiger partial charge on any atom is 0.166 e. The molecule has 90 valence electrons. The normalized spacial score (nSPS) is 12.4. The predicted octanol–water partition coefficient (Wildman–Crippen LogP) is 1.38. The fourth-order valence-electron chi connectivity index (χ4n) is 1.40. The van der Waals surface area contributed by atoms with Crippen molar-refractivity contribution >= 4 is 0 Å². The van der Waals surface area contributed by atoms with Gasteiger partial charge in [0.15, 0.2) is 5.82 Å². The van der Waals surface area contributed by atoms with E-state index in [1.54, 1.807) is 11.0 Å². The average Bonchev–Trinajstić information content (AvgIpc) is 2.79. The Morgan fingerprint density at radius 1 is 1.35 bits per heavy atom. The van der Waals surface area contributed by atoms with E-state index in [4.69, 9.17) is 10.5 Å². The number of nitrogens with zero attached hydrogens (tertiary/aromatic N) is 3. The van der Waals surface area contributed by atoms with Crippen molar-refractivity contribution in [2.75, 3.05) is 6.61 Å². The highest BCUT2D eigenvalue weighted by atomic mass is 16.5. The Hall–Kier alpha value is -1.88. The lowest BCUT2D eigenvalue weighted by atomic mass is 10.3. The van der Waals surface area contributed by atoms with Gasteiger partial charge in [-0.3, -0.25) is 0 Å². The summed E-state index contributed by atoms with van der Waals surface area (Å²) in [6.07, 6.45) is 1.67. The van der Waals surface area contributed by atoms with Crippen LogP contribution in [0.5, 0.6) is 5.75 Å². The monoisotopic (exact) mass is 232 g/mol. The standard InChI is InChI=1S/C12H16N4O/c1-10(13)12-14-9-16(15-12)7-8-17-11-5-3-2-4-6-11/h2-6,9-10H,7-8,13H2,1H3. The second-order valence-corrected chi connectivity index (χ2v) is 3.82. The minimum atomic E-state index is -0.133. The van der Waals surface area contributed by atoms with E-state index in [2.05, 4.69) is 10.1 Å². The van der Waals surface area contributed by atoms with Gasteiger partial charge in [-0.1, -0.05) is 18.2 Å². The fourth-order valence-corrected chi connectivity index (χ4v) is 1.40. The van der Waals surface area contributed by atoms with Crippen LogP contribution in [-0.4, -0.2) is 21.4 Å². The van der Waals surface area contributed by atoms with Gasteiger partial charge in [-0.2, -0.15) is 5.10 Å². The van der Waals surface area contributed by atoms with Gasteiger partial charge in [0, 0.05) is 0 Å². The smallest absolute Gasteiger partial charge is 0.166 e. The van der Waals surface area contributed by atoms with Crippen molar-refractivity contribution in [1.29, 1.82) is 0 Å². The second-order valence-electron chi connectivity index (χ2n) is 3.82. The number of hydrogen-bond acceptors (Lipinski definition) is 4. The molecule has 2 N–H and O–H groups in total. The first-order valence-electron chi connectivity index (χ1n) is 5.58. The molecule has 0 saturated carbocycles. The van der Waals surface area contributed by atoms with Crippen molar-refractivity contribution in [3.63, 3.8) is 0 Å². The van der Waals surface area contributed by atoms with Crippen molar-refractivity contribution < 1.29 is 4.74 Å². The van der Waals surface area contributed by atoms with Crippen molar-refractivity contribution in [2.45, 2.75) is 19.5 Å². The molecule has 2 rings (SSSR count). The van der Waals surface area contributed by atoms with Crippen LogP contribution in [0, 0.1) is 0 Å². The number of benzene rings is 1. The van der Waals surface area contributed by atoms with Gasteiger partial charge >= 0.3 is 0 Å². The molecule has 1 atom stereocenters. The van der Waals surface area contributed by atoms with Crippen molar-refractivity contribution in [3.05, 3.63) is 42.5 Å². The minimum Gasteiger partial charge on any atom is -0.492 e. The molecule has 0 aliphatic rings. The molecule has 17 heavy (non-hydrogen) atoms. The molecule has 5 nitrogen and oxygen atoms in total. The van der Waals surface area contributed by atoms with E-state index in [-0.39, 0.29) is 6.04 Å². The number of nitrogens with two attached hydrogens (primary N) is 1. The van der Waals surface area contributed by atoms with Gasteiger partial charge in [0.1, 0.15) is 18.7 Å². The number of aromatic nitrogens is 3. The third-order valence-electron chi connectivity index (χ3n) is 2.29. The molecule has 0 aliphatic heterocycles. The van der Waals surface area contributed by atoms with E-state index in [9.17, 15) is 0 Å². The first-order chi connectivity index (χ1) is 8.25. The van der Waals surface area contributed by atoms with Gasteiger partial charge in [-0.15, -0.1) is 0 Å². The quantitative estimate of drug-likeness (QED) is 0.845. The second kappa shape index (κ2) is 5.45. The zero-order valence-corrected chi connectivity index (χ0v) is 9.78. The van der Waals surface area contributed by atoms with Crippen LogP contribution in [0.1, 0.15) is 18.8 Å². The van der Waals surface area contributed by atoms with Gasteiger partial charge in [0.25, 0.3) is 0 Å². The Morgan fingerprint density at radius 2 is 2.12 bits per heavy atom. The van der Waals surface area contributed by atoms with Crippen LogP contribution in [0.15, 0.2) is 36.7 Å². The number of rotatable bonds is 5. The van der Waals surface area contributed by atoms with Gasteiger partial charge in [-0.25, -0.2) is 9.67 Å². The van der Waals surface area contributed by atoms with Crippen LogP contribution in [0.2, 0.25) is 0 Å². The Kier molecular flexibility index (Phi) is 3.72. The highest BCUT2D eigenvalue weighted by Crippen LogP contribution is 2.08. The molecule has 1 aromatic heterocycles. The molecule has 0 aliphatic carbocycles. The molecule has 0 spiro atoms. The summed E-state index contributed by atoms with van der Waals surface area (Å²) >= 11 is 0. The van der Waals surface area contributed by atoms with Gasteiger partial charge in [-0.05, 0) is 19.1 Å². The molecule has 0 saturated heterocycles. The maximum atomic E-state index is 5.68. The molecule has 0 radical (unpaired) electrons. The van der Waals surface area contributed by atoms with Crippen LogP contribution in [0.25, 0.3) is 0 Å². The summed E-state index contributed by atoms with van der Waals surface area (Å²) in [6.45, 7) is 3.08. The summed E-state index contributed by atoms with van der Waals surface area (Å²) in [5.74, 6) is 1.52. The van der Waals surface area contributed by atoms with Gasteiger partial charge in [0.2, 0.25) is 0 Å². The first-order valence-corrected chi connectivity index (χ1v) is 5.58. The van der Waals surface area contributed by atoms with E-state index in [0.29, 0.717) is 19.0 Å².